The molecule has 4 nitrogen and oxygen atoms in total. The largest absolute Gasteiger partial charge is 0.491 e. The van der Waals surface area contributed by atoms with Gasteiger partial charge in [0.1, 0.15) is 44.2 Å². The second-order valence-corrected chi connectivity index (χ2v) is 6.73. The van der Waals surface area contributed by atoms with Gasteiger partial charge < -0.3 is 19.1 Å². The van der Waals surface area contributed by atoms with Gasteiger partial charge in [-0.25, -0.2) is 0 Å². The van der Waals surface area contributed by atoms with E-state index in [0.29, 0.717) is 25.4 Å². The summed E-state index contributed by atoms with van der Waals surface area (Å²) in [4.78, 5) is 1.56. The molecule has 0 spiro atoms. The van der Waals surface area contributed by atoms with E-state index in [1.54, 1.807) is 4.90 Å². The molecular formula is C20H32NO3+. The summed E-state index contributed by atoms with van der Waals surface area (Å²) in [7, 11) is 0. The summed E-state index contributed by atoms with van der Waals surface area (Å²) in [6, 6.07) is 6.27. The van der Waals surface area contributed by atoms with Crippen molar-refractivity contribution in [3.8, 4) is 5.75 Å². The number of ether oxygens (including phenoxy) is 3. The van der Waals surface area contributed by atoms with Crippen molar-refractivity contribution < 1.29 is 19.1 Å². The topological polar surface area (TPSA) is 32.1 Å². The predicted octanol–water partition coefficient (Wildman–Crippen LogP) is 1.81. The molecule has 1 fully saturated rings. The maximum Gasteiger partial charge on any atom is 0.122 e. The lowest BCUT2D eigenvalue weighted by Crippen LogP contribution is -3.15. The molecule has 0 aromatic heterocycles. The number of rotatable bonds is 9. The van der Waals surface area contributed by atoms with Crippen LogP contribution in [0.25, 0.3) is 0 Å². The average Bonchev–Trinajstić information content (AvgIpc) is 2.52. The number of aryl methyl sites for hydroxylation is 1. The van der Waals surface area contributed by atoms with E-state index in [2.05, 4.69) is 39.5 Å². The minimum absolute atomic E-state index is 0.344. The summed E-state index contributed by atoms with van der Waals surface area (Å²) >= 11 is 0. The van der Waals surface area contributed by atoms with Gasteiger partial charge in [0.15, 0.2) is 0 Å². The van der Waals surface area contributed by atoms with Gasteiger partial charge in [0.2, 0.25) is 0 Å². The number of benzene rings is 1. The molecule has 1 aromatic carbocycles. The summed E-state index contributed by atoms with van der Waals surface area (Å²) in [6.45, 7) is 15.3. The monoisotopic (exact) mass is 334 g/mol. The molecule has 0 amide bonds. The predicted molar refractivity (Wildman–Crippen MR) is 97.0 cm³/mol. The molecule has 1 unspecified atom stereocenters. The van der Waals surface area contributed by atoms with E-state index in [9.17, 15) is 0 Å². The Balaban J connectivity index is 1.64. The van der Waals surface area contributed by atoms with Gasteiger partial charge in [-0.3, -0.25) is 0 Å². The van der Waals surface area contributed by atoms with E-state index in [1.165, 1.54) is 11.1 Å². The molecule has 1 aromatic rings. The molecule has 1 aliphatic rings. The molecule has 0 saturated carbocycles. The van der Waals surface area contributed by atoms with Crippen LogP contribution in [0.4, 0.5) is 0 Å². The van der Waals surface area contributed by atoms with Crippen LogP contribution in [0, 0.1) is 6.92 Å². The van der Waals surface area contributed by atoms with Crippen LogP contribution >= 0.6 is 0 Å². The molecule has 1 N–H and O–H groups in total. The molecule has 1 heterocycles. The summed E-state index contributed by atoms with van der Waals surface area (Å²) in [5.74, 6) is 0.936. The average molecular weight is 334 g/mol. The normalized spacial score (nSPS) is 23.9. The number of hydrogen-bond acceptors (Lipinski definition) is 3. The lowest BCUT2D eigenvalue weighted by Gasteiger charge is -2.32. The van der Waals surface area contributed by atoms with E-state index < -0.39 is 0 Å². The zero-order valence-corrected chi connectivity index (χ0v) is 15.3. The van der Waals surface area contributed by atoms with Crippen molar-refractivity contribution in [3.05, 3.63) is 42.0 Å². The lowest BCUT2D eigenvalue weighted by molar-refractivity contribution is -0.915. The van der Waals surface area contributed by atoms with Crippen molar-refractivity contribution in [1.82, 2.24) is 0 Å². The second kappa shape index (κ2) is 9.82. The Morgan fingerprint density at radius 3 is 2.67 bits per heavy atom. The Morgan fingerprint density at radius 2 is 1.96 bits per heavy atom. The van der Waals surface area contributed by atoms with Crippen LogP contribution in [0.5, 0.6) is 5.75 Å². The van der Waals surface area contributed by atoms with E-state index in [1.807, 2.05) is 12.1 Å². The first-order valence-electron chi connectivity index (χ1n) is 8.98. The third-order valence-electron chi connectivity index (χ3n) is 4.28. The number of quaternary nitrogens is 1. The van der Waals surface area contributed by atoms with Crippen LogP contribution in [0.15, 0.2) is 30.9 Å². The highest BCUT2D eigenvalue weighted by atomic mass is 16.5. The van der Waals surface area contributed by atoms with Gasteiger partial charge in [-0.1, -0.05) is 23.8 Å². The van der Waals surface area contributed by atoms with Crippen LogP contribution in [-0.4, -0.2) is 51.7 Å². The third kappa shape index (κ3) is 6.27. The summed E-state index contributed by atoms with van der Waals surface area (Å²) < 4.78 is 17.4. The quantitative estimate of drug-likeness (QED) is 0.552. The summed E-state index contributed by atoms with van der Waals surface area (Å²) in [6.07, 6.45) is 3.42. The van der Waals surface area contributed by atoms with Crippen molar-refractivity contribution in [2.75, 3.05) is 39.5 Å². The van der Waals surface area contributed by atoms with Crippen molar-refractivity contribution in [1.29, 1.82) is 0 Å². The van der Waals surface area contributed by atoms with Gasteiger partial charge in [-0.2, -0.15) is 0 Å². The van der Waals surface area contributed by atoms with Crippen LogP contribution < -0.4 is 9.64 Å². The van der Waals surface area contributed by atoms with Gasteiger partial charge in [0.05, 0.1) is 13.2 Å². The Bertz CT molecular complexity index is 508. The lowest BCUT2D eigenvalue weighted by atomic mass is 10.1. The Kier molecular flexibility index (Phi) is 7.76. The Labute approximate surface area is 146 Å². The molecule has 2 rings (SSSR count). The Morgan fingerprint density at radius 1 is 1.21 bits per heavy atom. The maximum atomic E-state index is 5.87. The molecule has 134 valence electrons. The first-order valence-corrected chi connectivity index (χ1v) is 8.98. The zero-order chi connectivity index (χ0) is 17.4. The number of nitrogens with one attached hydrogen (secondary N) is 1. The van der Waals surface area contributed by atoms with E-state index in [4.69, 9.17) is 14.2 Å². The zero-order valence-electron chi connectivity index (χ0n) is 15.3. The van der Waals surface area contributed by atoms with Gasteiger partial charge >= 0.3 is 0 Å². The smallest absolute Gasteiger partial charge is 0.122 e. The highest BCUT2D eigenvalue weighted by Crippen LogP contribution is 2.20. The third-order valence-corrected chi connectivity index (χ3v) is 4.28. The maximum absolute atomic E-state index is 5.87. The minimum atomic E-state index is 0.344. The van der Waals surface area contributed by atoms with Crippen LogP contribution in [0.1, 0.15) is 25.0 Å². The molecule has 1 saturated heterocycles. The van der Waals surface area contributed by atoms with Crippen LogP contribution in [0.2, 0.25) is 0 Å². The fourth-order valence-electron chi connectivity index (χ4n) is 3.29. The summed E-state index contributed by atoms with van der Waals surface area (Å²) in [5, 5.41) is 0. The Hall–Kier alpha value is -1.36. The van der Waals surface area contributed by atoms with E-state index >= 15 is 0 Å². The minimum Gasteiger partial charge on any atom is -0.491 e. The number of morpholine rings is 1. The van der Waals surface area contributed by atoms with Crippen molar-refractivity contribution in [2.45, 2.75) is 39.4 Å². The van der Waals surface area contributed by atoms with Crippen molar-refractivity contribution in [2.24, 2.45) is 0 Å². The molecule has 0 radical (unpaired) electrons. The van der Waals surface area contributed by atoms with Crippen LogP contribution in [-0.2, 0) is 15.9 Å². The number of allylic oxidation sites excluding steroid dienone is 1. The van der Waals surface area contributed by atoms with Crippen molar-refractivity contribution in [3.63, 3.8) is 0 Å². The standard InChI is InChI=1S/C20H31NO3/c1-5-6-19-13-16(2)7-8-20(19)23-12-11-22-10-9-21-14-17(3)24-18(4)15-21/h5,7-8,13,17-18H,1,6,9-12,14-15H2,2-4H3/p+1/t17-,18+. The van der Waals surface area contributed by atoms with E-state index in [0.717, 1.165) is 38.4 Å². The highest BCUT2D eigenvalue weighted by Gasteiger charge is 2.24. The highest BCUT2D eigenvalue weighted by molar-refractivity contribution is 5.38. The van der Waals surface area contributed by atoms with Crippen molar-refractivity contribution >= 4 is 0 Å². The fraction of sp³-hybridized carbons (Fsp3) is 0.600. The molecular weight excluding hydrogens is 302 g/mol. The van der Waals surface area contributed by atoms with Gasteiger partial charge in [-0.05, 0) is 38.8 Å². The molecule has 0 bridgehead atoms. The van der Waals surface area contributed by atoms with Gasteiger partial charge in [0.25, 0.3) is 0 Å². The molecule has 1 aliphatic heterocycles. The molecule has 4 heteroatoms. The first kappa shape index (κ1) is 19.0. The van der Waals surface area contributed by atoms with Crippen LogP contribution in [0.3, 0.4) is 0 Å². The first-order chi connectivity index (χ1) is 11.6. The fourth-order valence-corrected chi connectivity index (χ4v) is 3.29. The number of hydrogen-bond donors (Lipinski definition) is 1. The molecule has 24 heavy (non-hydrogen) atoms. The summed E-state index contributed by atoms with van der Waals surface area (Å²) in [5.41, 5.74) is 2.43. The molecule has 0 aliphatic carbocycles. The van der Waals surface area contributed by atoms with Gasteiger partial charge in [0, 0.05) is 0 Å². The van der Waals surface area contributed by atoms with E-state index in [-0.39, 0.29) is 0 Å². The van der Waals surface area contributed by atoms with Gasteiger partial charge in [-0.15, -0.1) is 6.58 Å². The SMILES string of the molecule is C=CCc1cc(C)ccc1OCCOCC[NH+]1C[C@@H](C)O[C@@H](C)C1. The second-order valence-electron chi connectivity index (χ2n) is 6.73. The molecule has 3 atom stereocenters.